The summed E-state index contributed by atoms with van der Waals surface area (Å²) in [4.78, 5) is 14.9. The Labute approximate surface area is 238 Å². The highest BCUT2D eigenvalue weighted by Crippen LogP contribution is 2.63. The van der Waals surface area contributed by atoms with E-state index in [1.54, 1.807) is 16.4 Å². The van der Waals surface area contributed by atoms with E-state index in [1.807, 2.05) is 70.2 Å². The highest BCUT2D eigenvalue weighted by atomic mass is 32.2. The van der Waals surface area contributed by atoms with Crippen LogP contribution in [0.2, 0.25) is 45.3 Å². The van der Waals surface area contributed by atoms with Gasteiger partial charge in [0.05, 0.1) is 18.0 Å². The summed E-state index contributed by atoms with van der Waals surface area (Å²) >= 11 is 0. The maximum Gasteiger partial charge on any atom is 0.318 e. The molecule has 2 aromatic carbocycles. The predicted octanol–water partition coefficient (Wildman–Crippen LogP) is 6.83. The summed E-state index contributed by atoms with van der Waals surface area (Å²) in [6.07, 6.45) is 0. The van der Waals surface area contributed by atoms with Gasteiger partial charge in [-0.1, -0.05) is 93.0 Å². The van der Waals surface area contributed by atoms with Crippen LogP contribution in [0.4, 0.5) is 0 Å². The molecule has 0 bridgehead atoms. The van der Waals surface area contributed by atoms with Crippen molar-refractivity contribution in [3.8, 4) is 0 Å². The van der Waals surface area contributed by atoms with Crippen molar-refractivity contribution in [3.05, 3.63) is 77.0 Å². The standard InChI is InChI=1S/C30H45NO4SSi3/c1-23-16-18-26(19-17-23)36(33,34)31-20-25-21-39(37(5,6)7,38(8,9)10)22-30(25,28(32)35-29(2,3)4)27(31)24-14-12-11-13-15-24/h11-19,21,27H,20,22H2,1-10H3/t27-,30+/m0/s1. The first-order chi connectivity index (χ1) is 17.8. The molecule has 2 aliphatic rings. The minimum absolute atomic E-state index is 0.221. The minimum atomic E-state index is -3.90. The van der Waals surface area contributed by atoms with Crippen molar-refractivity contribution in [3.63, 3.8) is 0 Å². The fraction of sp³-hybridized carbons (Fsp3) is 0.500. The summed E-state index contributed by atoms with van der Waals surface area (Å²) in [5, 5.41) is 0. The third-order valence-corrected chi connectivity index (χ3v) is 49.4. The molecule has 0 aromatic heterocycles. The van der Waals surface area contributed by atoms with Gasteiger partial charge in [-0.2, -0.15) is 4.31 Å². The Morgan fingerprint density at radius 1 is 0.949 bits per heavy atom. The topological polar surface area (TPSA) is 63.7 Å². The lowest BCUT2D eigenvalue weighted by molar-refractivity contribution is -0.165. The number of aryl methyl sites for hydroxylation is 1. The average molecular weight is 600 g/mol. The van der Waals surface area contributed by atoms with Crippen LogP contribution in [0, 0.1) is 12.3 Å². The maximum atomic E-state index is 14.6. The summed E-state index contributed by atoms with van der Waals surface area (Å²) in [5.41, 5.74) is 3.61. The molecule has 2 atom stereocenters. The van der Waals surface area contributed by atoms with Crippen molar-refractivity contribution >= 4 is 38.3 Å². The van der Waals surface area contributed by atoms with E-state index < -0.39 is 49.4 Å². The van der Waals surface area contributed by atoms with Gasteiger partial charge in [0, 0.05) is 21.7 Å². The third kappa shape index (κ3) is 4.98. The van der Waals surface area contributed by atoms with Crippen LogP contribution < -0.4 is 0 Å². The highest BCUT2D eigenvalue weighted by molar-refractivity contribution is 7.89. The van der Waals surface area contributed by atoms with Gasteiger partial charge in [0.1, 0.15) is 11.0 Å². The van der Waals surface area contributed by atoms with Crippen molar-refractivity contribution in [2.24, 2.45) is 5.41 Å². The first-order valence-electron chi connectivity index (χ1n) is 13.9. The number of benzene rings is 2. The van der Waals surface area contributed by atoms with E-state index >= 15 is 0 Å². The van der Waals surface area contributed by atoms with Crippen LogP contribution in [0.3, 0.4) is 0 Å². The van der Waals surface area contributed by atoms with Crippen molar-refractivity contribution in [2.45, 2.75) is 89.6 Å². The van der Waals surface area contributed by atoms with Crippen molar-refractivity contribution in [1.29, 1.82) is 0 Å². The Morgan fingerprint density at radius 2 is 1.49 bits per heavy atom. The second-order valence-electron chi connectivity index (χ2n) is 14.5. The Hall–Kier alpha value is -1.79. The van der Waals surface area contributed by atoms with Gasteiger partial charge in [0.25, 0.3) is 0 Å². The highest BCUT2D eigenvalue weighted by Gasteiger charge is 2.71. The van der Waals surface area contributed by atoms with Crippen LogP contribution in [0.25, 0.3) is 0 Å². The molecule has 0 saturated carbocycles. The molecule has 1 fully saturated rings. The van der Waals surface area contributed by atoms with E-state index in [1.165, 1.54) is 0 Å². The van der Waals surface area contributed by atoms with Gasteiger partial charge in [0.15, 0.2) is 0 Å². The average Bonchev–Trinajstić information content (AvgIpc) is 3.31. The van der Waals surface area contributed by atoms with Gasteiger partial charge in [-0.05, 0) is 57.0 Å². The Morgan fingerprint density at radius 3 is 1.97 bits per heavy atom. The van der Waals surface area contributed by atoms with E-state index in [4.69, 9.17) is 4.74 Å². The van der Waals surface area contributed by atoms with Crippen LogP contribution in [0.15, 0.2) is 70.8 Å². The van der Waals surface area contributed by atoms with Crippen molar-refractivity contribution in [2.75, 3.05) is 6.54 Å². The number of esters is 1. The number of sulfonamides is 1. The Bertz CT molecular complexity index is 1370. The molecule has 0 spiro atoms. The summed E-state index contributed by atoms with van der Waals surface area (Å²) in [5.74, 6) is -0.275. The van der Waals surface area contributed by atoms with Gasteiger partial charge in [-0.15, -0.1) is 0 Å². The lowest BCUT2D eigenvalue weighted by Crippen LogP contribution is -2.71. The van der Waals surface area contributed by atoms with Crippen LogP contribution in [-0.4, -0.2) is 53.1 Å². The number of hydrogen-bond donors (Lipinski definition) is 0. The number of carbonyl (C=O) groups excluding carboxylic acids is 1. The van der Waals surface area contributed by atoms with Crippen LogP contribution >= 0.6 is 0 Å². The molecule has 4 rings (SSSR count). The number of fused-ring (bicyclic) bond motifs is 1. The molecule has 5 nitrogen and oxygen atoms in total. The molecule has 2 heterocycles. The maximum absolute atomic E-state index is 14.6. The Balaban J connectivity index is 2.04. The molecule has 1 saturated heterocycles. The molecule has 39 heavy (non-hydrogen) atoms. The zero-order valence-corrected chi connectivity index (χ0v) is 29.1. The predicted molar refractivity (Wildman–Crippen MR) is 168 cm³/mol. The first kappa shape index (κ1) is 30.2. The molecule has 212 valence electrons. The largest absolute Gasteiger partial charge is 0.459 e. The van der Waals surface area contributed by atoms with E-state index in [2.05, 4.69) is 45.0 Å². The molecule has 2 aromatic rings. The number of nitrogens with zero attached hydrogens (tertiary/aromatic N) is 1. The van der Waals surface area contributed by atoms with E-state index in [0.29, 0.717) is 0 Å². The molecular formula is C30H45NO4SSi3. The molecule has 0 unspecified atom stereocenters. The van der Waals surface area contributed by atoms with Gasteiger partial charge < -0.3 is 4.74 Å². The molecule has 0 amide bonds. The van der Waals surface area contributed by atoms with Gasteiger partial charge >= 0.3 is 5.97 Å². The molecule has 9 heteroatoms. The fourth-order valence-corrected chi connectivity index (χ4v) is 50.7. The second-order valence-corrected chi connectivity index (χ2v) is 43.8. The van der Waals surface area contributed by atoms with E-state index in [0.717, 1.165) is 22.7 Å². The van der Waals surface area contributed by atoms with Gasteiger partial charge in [-0.25, -0.2) is 8.42 Å². The number of hydrogen-bond acceptors (Lipinski definition) is 4. The summed E-state index contributed by atoms with van der Waals surface area (Å²) < 4.78 is 36.5. The summed E-state index contributed by atoms with van der Waals surface area (Å²) in [6.45, 7) is 22.6. The molecule has 0 aliphatic carbocycles. The van der Waals surface area contributed by atoms with Crippen molar-refractivity contribution < 1.29 is 17.9 Å². The van der Waals surface area contributed by atoms with E-state index in [-0.39, 0.29) is 17.4 Å². The van der Waals surface area contributed by atoms with E-state index in [9.17, 15) is 13.2 Å². The Kier molecular flexibility index (Phi) is 7.47. The zero-order chi connectivity index (χ0) is 29.2. The molecule has 2 aliphatic heterocycles. The molecule has 0 N–H and O–H groups in total. The number of rotatable bonds is 6. The number of carbonyl (C=O) groups is 1. The lowest BCUT2D eigenvalue weighted by Gasteiger charge is -2.49. The quantitative estimate of drug-likeness (QED) is 0.270. The van der Waals surface area contributed by atoms with Crippen LogP contribution in [0.1, 0.15) is 37.9 Å². The van der Waals surface area contributed by atoms with Crippen LogP contribution in [0.5, 0.6) is 0 Å². The minimum Gasteiger partial charge on any atom is -0.459 e. The van der Waals surface area contributed by atoms with Crippen molar-refractivity contribution in [1.82, 2.24) is 4.31 Å². The summed E-state index contributed by atoms with van der Waals surface area (Å²) in [7, 11) is -9.49. The molecule has 0 radical (unpaired) electrons. The molecular weight excluding hydrogens is 555 g/mol. The number of ether oxygens (including phenoxy) is 1. The van der Waals surface area contributed by atoms with Crippen LogP contribution in [-0.2, 0) is 19.6 Å². The fourth-order valence-electron chi connectivity index (χ4n) is 6.92. The van der Waals surface area contributed by atoms with Gasteiger partial charge in [0.2, 0.25) is 10.0 Å². The first-order valence-corrected chi connectivity index (χ1v) is 26.6. The zero-order valence-electron chi connectivity index (χ0n) is 25.3. The lowest BCUT2D eigenvalue weighted by atomic mass is 9.76. The second kappa shape index (κ2) is 9.65. The monoisotopic (exact) mass is 599 g/mol. The smallest absolute Gasteiger partial charge is 0.318 e. The summed E-state index contributed by atoms with van der Waals surface area (Å²) in [6, 6.07) is 16.9. The third-order valence-electron chi connectivity index (χ3n) is 8.81. The SMILES string of the molecule is Cc1ccc(S(=O)(=O)N2CC3=C[Si]([Si](C)(C)C)([Si](C)(C)C)C[C@]3(C(=O)OC(C)(C)C)[C@@H]2c2ccccc2)cc1. The van der Waals surface area contributed by atoms with Gasteiger partial charge in [-0.3, -0.25) is 4.79 Å². The normalized spacial score (nSPS) is 23.8.